The van der Waals surface area contributed by atoms with Crippen LogP contribution in [0.5, 0.6) is 5.88 Å². The van der Waals surface area contributed by atoms with Gasteiger partial charge in [0, 0.05) is 32.3 Å². The van der Waals surface area contributed by atoms with E-state index in [2.05, 4.69) is 18.0 Å². The molecular formula is C22H31N3O6. The molecule has 170 valence electrons. The smallest absolute Gasteiger partial charge is 0.322 e. The Morgan fingerprint density at radius 3 is 2.55 bits per heavy atom. The van der Waals surface area contributed by atoms with Crippen molar-refractivity contribution in [3.05, 3.63) is 35.2 Å². The second-order valence-corrected chi connectivity index (χ2v) is 7.61. The molecule has 31 heavy (non-hydrogen) atoms. The number of aliphatic hydroxyl groups excluding tert-OH is 1. The Morgan fingerprint density at radius 2 is 1.97 bits per heavy atom. The summed E-state index contributed by atoms with van der Waals surface area (Å²) in [5.74, 6) is -2.20. The average molecular weight is 434 g/mol. The van der Waals surface area contributed by atoms with Crippen LogP contribution in [0.25, 0.3) is 0 Å². The molecule has 2 amide bonds. The fourth-order valence-corrected chi connectivity index (χ4v) is 3.33. The van der Waals surface area contributed by atoms with Gasteiger partial charge in [0.15, 0.2) is 0 Å². The third-order valence-corrected chi connectivity index (χ3v) is 5.21. The molecular weight excluding hydrogens is 402 g/mol. The van der Waals surface area contributed by atoms with Crippen molar-refractivity contribution in [1.29, 1.82) is 0 Å². The fraction of sp³-hybridized carbons (Fsp3) is 0.545. The normalized spacial score (nSPS) is 17.0. The highest BCUT2D eigenvalue weighted by molar-refractivity contribution is 6.19. The predicted octanol–water partition coefficient (Wildman–Crippen LogP) is 2.22. The van der Waals surface area contributed by atoms with Crippen LogP contribution in [0.2, 0.25) is 0 Å². The zero-order valence-electron chi connectivity index (χ0n) is 18.1. The fourth-order valence-electron chi connectivity index (χ4n) is 3.33. The topological polar surface area (TPSA) is 129 Å². The number of pyridine rings is 1. The standard InChI is InChI=1S/C13H19NO.C9H12N2O5/c1-2-11-8-9-13(14-10-11)15-12-6-4-3-5-7-12;1-11-3-2-5(12)7(9(11)16)8(15)10-4-6(13)14/h8-10,12H,2-7H2,1H3;12H,2-4H2,1H3,(H,10,15)(H,13,14). The largest absolute Gasteiger partial charge is 0.511 e. The molecule has 1 saturated carbocycles. The number of aryl methyl sites for hydroxylation is 1. The van der Waals surface area contributed by atoms with E-state index < -0.39 is 24.3 Å². The lowest BCUT2D eigenvalue weighted by Gasteiger charge is -2.23. The number of rotatable bonds is 6. The van der Waals surface area contributed by atoms with Crippen LogP contribution >= 0.6 is 0 Å². The molecule has 3 rings (SSSR count). The number of carbonyl (C=O) groups excluding carboxylic acids is 2. The molecule has 0 aromatic carbocycles. The molecule has 0 unspecified atom stereocenters. The molecule has 0 atom stereocenters. The molecule has 9 heteroatoms. The van der Waals surface area contributed by atoms with Crippen LogP contribution in [0, 0.1) is 0 Å². The van der Waals surface area contributed by atoms with E-state index in [0.717, 1.165) is 12.3 Å². The second kappa shape index (κ2) is 11.9. The van der Waals surface area contributed by atoms with Gasteiger partial charge >= 0.3 is 5.97 Å². The van der Waals surface area contributed by atoms with E-state index in [1.807, 2.05) is 17.6 Å². The second-order valence-electron chi connectivity index (χ2n) is 7.61. The molecule has 9 nitrogen and oxygen atoms in total. The van der Waals surface area contributed by atoms with Crippen molar-refractivity contribution in [2.75, 3.05) is 20.1 Å². The summed E-state index contributed by atoms with van der Waals surface area (Å²) in [6.45, 7) is 1.88. The molecule has 0 saturated heterocycles. The number of aliphatic hydroxyl groups is 1. The van der Waals surface area contributed by atoms with Gasteiger partial charge in [-0.1, -0.05) is 19.4 Å². The minimum absolute atomic E-state index is 0.193. The molecule has 0 spiro atoms. The average Bonchev–Trinajstić information content (AvgIpc) is 2.77. The molecule has 1 aromatic heterocycles. The van der Waals surface area contributed by atoms with Gasteiger partial charge in [-0.15, -0.1) is 0 Å². The summed E-state index contributed by atoms with van der Waals surface area (Å²) in [4.78, 5) is 38.8. The number of nitrogens with zero attached hydrogens (tertiary/aromatic N) is 2. The molecule has 1 aliphatic heterocycles. The van der Waals surface area contributed by atoms with Crippen molar-refractivity contribution < 1.29 is 29.3 Å². The van der Waals surface area contributed by atoms with Crippen molar-refractivity contribution in [3.63, 3.8) is 0 Å². The van der Waals surface area contributed by atoms with Crippen LogP contribution in [0.3, 0.4) is 0 Å². The van der Waals surface area contributed by atoms with Crippen molar-refractivity contribution in [2.24, 2.45) is 0 Å². The molecule has 0 bridgehead atoms. The number of carboxylic acids is 1. The zero-order valence-corrected chi connectivity index (χ0v) is 18.1. The van der Waals surface area contributed by atoms with Gasteiger partial charge in [0.05, 0.1) is 0 Å². The first kappa shape index (κ1) is 24.2. The quantitative estimate of drug-likeness (QED) is 0.587. The summed E-state index contributed by atoms with van der Waals surface area (Å²) in [5.41, 5.74) is 0.890. The van der Waals surface area contributed by atoms with E-state index >= 15 is 0 Å². The van der Waals surface area contributed by atoms with E-state index in [1.165, 1.54) is 49.6 Å². The van der Waals surface area contributed by atoms with Gasteiger partial charge in [-0.3, -0.25) is 14.4 Å². The predicted molar refractivity (Wildman–Crippen MR) is 114 cm³/mol. The molecule has 1 aliphatic carbocycles. The van der Waals surface area contributed by atoms with Crippen LogP contribution in [0.4, 0.5) is 0 Å². The van der Waals surface area contributed by atoms with Crippen LogP contribution in [0.1, 0.15) is 51.0 Å². The minimum atomic E-state index is -1.22. The van der Waals surface area contributed by atoms with E-state index in [1.54, 1.807) is 0 Å². The summed E-state index contributed by atoms with van der Waals surface area (Å²) >= 11 is 0. The monoisotopic (exact) mass is 433 g/mol. The highest BCUT2D eigenvalue weighted by Gasteiger charge is 2.30. The van der Waals surface area contributed by atoms with Crippen molar-refractivity contribution in [1.82, 2.24) is 15.2 Å². The molecule has 1 fully saturated rings. The first-order valence-corrected chi connectivity index (χ1v) is 10.6. The highest BCUT2D eigenvalue weighted by Crippen LogP contribution is 2.22. The van der Waals surface area contributed by atoms with Gasteiger partial charge < -0.3 is 25.2 Å². The maximum Gasteiger partial charge on any atom is 0.322 e. The Morgan fingerprint density at radius 1 is 1.26 bits per heavy atom. The summed E-state index contributed by atoms with van der Waals surface area (Å²) in [5, 5.41) is 19.8. The van der Waals surface area contributed by atoms with Crippen LogP contribution in [-0.4, -0.2) is 64.1 Å². The first-order chi connectivity index (χ1) is 14.8. The van der Waals surface area contributed by atoms with Crippen molar-refractivity contribution >= 4 is 17.8 Å². The number of nitrogens with one attached hydrogen (secondary N) is 1. The molecule has 0 radical (unpaired) electrons. The lowest BCUT2D eigenvalue weighted by Crippen LogP contribution is -2.41. The zero-order chi connectivity index (χ0) is 22.8. The summed E-state index contributed by atoms with van der Waals surface area (Å²) in [7, 11) is 1.50. The highest BCUT2D eigenvalue weighted by atomic mass is 16.5. The van der Waals surface area contributed by atoms with Crippen LogP contribution < -0.4 is 10.1 Å². The van der Waals surface area contributed by atoms with E-state index in [9.17, 15) is 19.5 Å². The summed E-state index contributed by atoms with van der Waals surface area (Å²) in [6, 6.07) is 4.10. The number of amides is 2. The number of aliphatic carboxylic acids is 1. The maximum absolute atomic E-state index is 11.5. The van der Waals surface area contributed by atoms with E-state index in [0.29, 0.717) is 12.6 Å². The Hall–Kier alpha value is -3.10. The number of likely N-dealkylation sites (N-methyl/N-ethyl adjacent to an activating group) is 1. The number of carboxylic acid groups (broad SMARTS) is 1. The third-order valence-electron chi connectivity index (χ3n) is 5.21. The lowest BCUT2D eigenvalue weighted by atomic mass is 9.98. The van der Waals surface area contributed by atoms with Gasteiger partial charge in [-0.05, 0) is 37.7 Å². The van der Waals surface area contributed by atoms with E-state index in [-0.39, 0.29) is 17.8 Å². The Kier molecular flexibility index (Phi) is 9.30. The van der Waals surface area contributed by atoms with Crippen LogP contribution in [-0.2, 0) is 20.8 Å². The molecule has 2 heterocycles. The van der Waals surface area contributed by atoms with Crippen LogP contribution in [0.15, 0.2) is 29.7 Å². The minimum Gasteiger partial charge on any atom is -0.511 e. The summed E-state index contributed by atoms with van der Waals surface area (Å²) < 4.78 is 5.84. The Balaban J connectivity index is 0.000000220. The van der Waals surface area contributed by atoms with Gasteiger partial charge in [0.1, 0.15) is 24.0 Å². The number of carbonyl (C=O) groups is 3. The lowest BCUT2D eigenvalue weighted by molar-refractivity contribution is -0.138. The number of ether oxygens (including phenoxy) is 1. The SMILES string of the molecule is CCc1ccc(OC2CCCCC2)nc1.CN1CCC(O)=C(C(=O)NCC(=O)O)C1=O. The molecule has 1 aromatic rings. The maximum atomic E-state index is 11.5. The van der Waals surface area contributed by atoms with Gasteiger partial charge in [0.2, 0.25) is 5.88 Å². The summed E-state index contributed by atoms with van der Waals surface area (Å²) in [6.07, 6.45) is 9.90. The number of hydrogen-bond donors (Lipinski definition) is 3. The molecule has 2 aliphatic rings. The van der Waals surface area contributed by atoms with Crippen molar-refractivity contribution in [2.45, 2.75) is 58.0 Å². The Labute approximate surface area is 182 Å². The number of aromatic nitrogens is 1. The van der Waals surface area contributed by atoms with Gasteiger partial charge in [-0.25, -0.2) is 4.98 Å². The van der Waals surface area contributed by atoms with Gasteiger partial charge in [-0.2, -0.15) is 0 Å². The Bertz CT molecular complexity index is 800. The van der Waals surface area contributed by atoms with Crippen molar-refractivity contribution in [3.8, 4) is 5.88 Å². The third kappa shape index (κ3) is 7.58. The van der Waals surface area contributed by atoms with Gasteiger partial charge in [0.25, 0.3) is 11.8 Å². The number of hydrogen-bond acceptors (Lipinski definition) is 6. The molecule has 3 N–H and O–H groups in total. The van der Waals surface area contributed by atoms with E-state index in [4.69, 9.17) is 9.84 Å². The first-order valence-electron chi connectivity index (χ1n) is 10.6.